The molecule has 1 aliphatic rings. The van der Waals surface area contributed by atoms with Gasteiger partial charge in [-0.2, -0.15) is 5.10 Å². The number of oxime groups is 1. The fourth-order valence-electron chi connectivity index (χ4n) is 3.41. The van der Waals surface area contributed by atoms with Gasteiger partial charge in [0.25, 0.3) is 5.91 Å². The van der Waals surface area contributed by atoms with Crippen LogP contribution in [0.1, 0.15) is 28.9 Å². The molecule has 0 saturated carbocycles. The summed E-state index contributed by atoms with van der Waals surface area (Å²) in [7, 11) is 0. The van der Waals surface area contributed by atoms with Crippen molar-refractivity contribution in [2.45, 2.75) is 40.0 Å². The van der Waals surface area contributed by atoms with Crippen LogP contribution in [0.15, 0.2) is 52.1 Å². The molecule has 9 heteroatoms. The molecule has 2 aromatic carbocycles. The highest BCUT2D eigenvalue weighted by Crippen LogP contribution is 2.25. The molecule has 0 bridgehead atoms. The number of hydrogen-bond acceptors (Lipinski definition) is 5. The second-order valence-corrected chi connectivity index (χ2v) is 8.89. The first-order valence-corrected chi connectivity index (χ1v) is 11.2. The summed E-state index contributed by atoms with van der Waals surface area (Å²) >= 11 is 9.52. The number of ether oxygens (including phenoxy) is 1. The van der Waals surface area contributed by atoms with E-state index in [-0.39, 0.29) is 12.6 Å². The van der Waals surface area contributed by atoms with Gasteiger partial charge in [-0.1, -0.05) is 44.8 Å². The molecule has 2 heterocycles. The number of aromatic nitrogens is 2. The number of nitrogens with zero attached hydrogens (tertiary/aromatic N) is 3. The Kier molecular flexibility index (Phi) is 6.53. The van der Waals surface area contributed by atoms with E-state index < -0.39 is 6.10 Å². The Hall–Kier alpha value is -2.84. The molecule has 32 heavy (non-hydrogen) atoms. The van der Waals surface area contributed by atoms with Crippen molar-refractivity contribution in [2.24, 2.45) is 5.16 Å². The Labute approximate surface area is 199 Å². The van der Waals surface area contributed by atoms with E-state index >= 15 is 0 Å². The SMILES string of the molecule is Cc1cc(OCn2nc(C)c(NC(=O)C3CC(c4cccc(Br)c4)=NO3)c2C)ccc1Cl. The van der Waals surface area contributed by atoms with Gasteiger partial charge in [0, 0.05) is 21.5 Å². The van der Waals surface area contributed by atoms with Crippen LogP contribution < -0.4 is 10.1 Å². The zero-order chi connectivity index (χ0) is 22.8. The minimum atomic E-state index is -0.695. The fourth-order valence-corrected chi connectivity index (χ4v) is 3.92. The maximum atomic E-state index is 12.8. The van der Waals surface area contributed by atoms with Crippen molar-refractivity contribution in [1.29, 1.82) is 0 Å². The average molecular weight is 518 g/mol. The summed E-state index contributed by atoms with van der Waals surface area (Å²) in [6.07, 6.45) is -0.299. The largest absolute Gasteiger partial charge is 0.471 e. The molecule has 0 radical (unpaired) electrons. The van der Waals surface area contributed by atoms with E-state index in [0.717, 1.165) is 27.0 Å². The molecule has 4 rings (SSSR count). The third kappa shape index (κ3) is 4.81. The molecule has 1 amide bonds. The van der Waals surface area contributed by atoms with Crippen molar-refractivity contribution < 1.29 is 14.4 Å². The van der Waals surface area contributed by atoms with Gasteiger partial charge in [-0.25, -0.2) is 4.68 Å². The lowest BCUT2D eigenvalue weighted by Gasteiger charge is -2.11. The third-order valence-corrected chi connectivity index (χ3v) is 6.15. The van der Waals surface area contributed by atoms with Gasteiger partial charge in [0.15, 0.2) is 6.73 Å². The smallest absolute Gasteiger partial charge is 0.268 e. The zero-order valence-electron chi connectivity index (χ0n) is 17.9. The van der Waals surface area contributed by atoms with Gasteiger partial charge in [-0.05, 0) is 56.7 Å². The highest BCUT2D eigenvalue weighted by molar-refractivity contribution is 9.10. The molecule has 1 unspecified atom stereocenters. The fraction of sp³-hybridized carbons (Fsp3) is 0.261. The van der Waals surface area contributed by atoms with Crippen molar-refractivity contribution in [1.82, 2.24) is 9.78 Å². The normalized spacial score (nSPS) is 15.3. The summed E-state index contributed by atoms with van der Waals surface area (Å²) in [5, 5.41) is 12.2. The number of anilines is 1. The molecule has 7 nitrogen and oxygen atoms in total. The van der Waals surface area contributed by atoms with Crippen molar-refractivity contribution in [2.75, 3.05) is 5.32 Å². The zero-order valence-corrected chi connectivity index (χ0v) is 20.2. The lowest BCUT2D eigenvalue weighted by atomic mass is 10.0. The van der Waals surface area contributed by atoms with E-state index in [0.29, 0.717) is 28.6 Å². The van der Waals surface area contributed by atoms with Crippen molar-refractivity contribution in [3.05, 3.63) is 74.5 Å². The summed E-state index contributed by atoms with van der Waals surface area (Å²) in [5.74, 6) is 0.431. The average Bonchev–Trinajstić information content (AvgIpc) is 3.36. The van der Waals surface area contributed by atoms with Crippen LogP contribution in [-0.2, 0) is 16.4 Å². The minimum Gasteiger partial charge on any atom is -0.471 e. The molecule has 0 spiro atoms. The van der Waals surface area contributed by atoms with Crippen molar-refractivity contribution >= 4 is 44.8 Å². The lowest BCUT2D eigenvalue weighted by Crippen LogP contribution is -2.28. The third-order valence-electron chi connectivity index (χ3n) is 5.23. The number of amides is 1. The number of aryl methyl sites for hydroxylation is 2. The van der Waals surface area contributed by atoms with Crippen LogP contribution in [0.25, 0.3) is 0 Å². The first-order valence-electron chi connectivity index (χ1n) is 10.0. The topological polar surface area (TPSA) is 77.7 Å². The van der Waals surface area contributed by atoms with Gasteiger partial charge in [0.1, 0.15) is 5.75 Å². The van der Waals surface area contributed by atoms with E-state index in [4.69, 9.17) is 21.2 Å². The van der Waals surface area contributed by atoms with Crippen LogP contribution in [0.3, 0.4) is 0 Å². The van der Waals surface area contributed by atoms with Crippen molar-refractivity contribution in [3.8, 4) is 5.75 Å². The number of nitrogens with one attached hydrogen (secondary N) is 1. The summed E-state index contributed by atoms with van der Waals surface area (Å²) in [6.45, 7) is 5.85. The van der Waals surface area contributed by atoms with E-state index in [2.05, 4.69) is 31.5 Å². The quantitative estimate of drug-likeness (QED) is 0.475. The predicted octanol–water partition coefficient (Wildman–Crippen LogP) is 5.39. The molecule has 1 N–H and O–H groups in total. The molecule has 166 valence electrons. The second kappa shape index (κ2) is 9.34. The van der Waals surface area contributed by atoms with Gasteiger partial charge < -0.3 is 14.9 Å². The molecule has 1 aliphatic heterocycles. The molecule has 1 aromatic heterocycles. The summed E-state index contributed by atoms with van der Waals surface area (Å²) < 4.78 is 8.48. The maximum absolute atomic E-state index is 12.8. The molecule has 1 atom stereocenters. The number of carbonyl (C=O) groups excluding carboxylic acids is 1. The van der Waals surface area contributed by atoms with Crippen LogP contribution in [-0.4, -0.2) is 27.5 Å². The van der Waals surface area contributed by atoms with Gasteiger partial charge in [0.2, 0.25) is 6.10 Å². The second-order valence-electron chi connectivity index (χ2n) is 7.57. The number of halogens is 2. The Morgan fingerprint density at radius 1 is 1.28 bits per heavy atom. The van der Waals surface area contributed by atoms with Gasteiger partial charge in [0.05, 0.1) is 22.8 Å². The minimum absolute atomic E-state index is 0.208. The van der Waals surface area contributed by atoms with Crippen molar-refractivity contribution in [3.63, 3.8) is 0 Å². The van der Waals surface area contributed by atoms with E-state index in [1.807, 2.05) is 57.2 Å². The summed E-state index contributed by atoms with van der Waals surface area (Å²) in [6, 6.07) is 13.2. The number of benzene rings is 2. The molecular formula is C23H22BrClN4O3. The van der Waals surface area contributed by atoms with Crippen LogP contribution in [0.5, 0.6) is 5.75 Å². The molecule has 0 aliphatic carbocycles. The van der Waals surface area contributed by atoms with Gasteiger partial charge in [-0.15, -0.1) is 0 Å². The van der Waals surface area contributed by atoms with Gasteiger partial charge in [-0.3, -0.25) is 4.79 Å². The first kappa shape index (κ1) is 22.4. The lowest BCUT2D eigenvalue weighted by molar-refractivity contribution is -0.125. The number of hydrogen-bond donors (Lipinski definition) is 1. The van der Waals surface area contributed by atoms with Crippen LogP contribution in [0, 0.1) is 20.8 Å². The highest BCUT2D eigenvalue weighted by Gasteiger charge is 2.30. The highest BCUT2D eigenvalue weighted by atomic mass is 79.9. The van der Waals surface area contributed by atoms with E-state index in [1.165, 1.54) is 0 Å². The maximum Gasteiger partial charge on any atom is 0.268 e. The molecule has 3 aromatic rings. The van der Waals surface area contributed by atoms with E-state index in [1.54, 1.807) is 10.7 Å². The Bertz CT molecular complexity index is 1210. The Balaban J connectivity index is 1.40. The van der Waals surface area contributed by atoms with Crippen LogP contribution >= 0.6 is 27.5 Å². The molecule has 0 saturated heterocycles. The van der Waals surface area contributed by atoms with Gasteiger partial charge >= 0.3 is 0 Å². The standard InChI is InChI=1S/C23H22BrClN4O3/c1-13-9-18(7-8-19(13)25)31-12-29-15(3)22(14(2)27-29)26-23(30)21-11-20(28-32-21)16-5-4-6-17(24)10-16/h4-10,21H,11-12H2,1-3H3,(H,26,30). The monoisotopic (exact) mass is 516 g/mol. The Morgan fingerprint density at radius 3 is 2.84 bits per heavy atom. The van der Waals surface area contributed by atoms with Crippen LogP contribution in [0.2, 0.25) is 5.02 Å². The summed E-state index contributed by atoms with van der Waals surface area (Å²) in [5.41, 5.74) is 4.72. The molecular weight excluding hydrogens is 496 g/mol. The number of carbonyl (C=O) groups is 1. The van der Waals surface area contributed by atoms with Crippen LogP contribution in [0.4, 0.5) is 5.69 Å². The first-order chi connectivity index (χ1) is 15.3. The Morgan fingerprint density at radius 2 is 2.09 bits per heavy atom. The summed E-state index contributed by atoms with van der Waals surface area (Å²) in [4.78, 5) is 18.2. The molecule has 0 fully saturated rings. The predicted molar refractivity (Wildman–Crippen MR) is 127 cm³/mol. The van der Waals surface area contributed by atoms with E-state index in [9.17, 15) is 4.79 Å². The number of rotatable bonds is 6.